The van der Waals surface area contributed by atoms with Crippen molar-refractivity contribution < 1.29 is 22.7 Å². The monoisotopic (exact) mass is 593 g/mol. The molecule has 12 nitrogen and oxygen atoms in total. The molecule has 42 heavy (non-hydrogen) atoms. The molecule has 0 spiro atoms. The summed E-state index contributed by atoms with van der Waals surface area (Å²) in [5.41, 5.74) is 4.94. The molecule has 222 valence electrons. The number of benzene rings is 2. The minimum atomic E-state index is -3.38. The van der Waals surface area contributed by atoms with E-state index < -0.39 is 10.0 Å². The molecule has 2 aromatic heterocycles. The second-order valence-electron chi connectivity index (χ2n) is 9.95. The number of esters is 1. The van der Waals surface area contributed by atoms with Crippen LogP contribution >= 0.6 is 0 Å². The van der Waals surface area contributed by atoms with E-state index in [4.69, 9.17) is 9.47 Å². The zero-order chi connectivity index (χ0) is 29.5. The number of nitrogens with one attached hydrogen (secondary N) is 2. The number of rotatable bonds is 12. The number of anilines is 4. The number of sulfonamides is 1. The van der Waals surface area contributed by atoms with Crippen molar-refractivity contribution in [3.05, 3.63) is 66.9 Å². The van der Waals surface area contributed by atoms with Gasteiger partial charge in [-0.25, -0.2) is 22.7 Å². The first kappa shape index (κ1) is 29.3. The van der Waals surface area contributed by atoms with Gasteiger partial charge in [0.05, 0.1) is 36.9 Å². The highest BCUT2D eigenvalue weighted by molar-refractivity contribution is 7.92. The molecule has 0 unspecified atom stereocenters. The van der Waals surface area contributed by atoms with E-state index in [1.807, 2.05) is 30.3 Å². The Morgan fingerprint density at radius 1 is 1.00 bits per heavy atom. The van der Waals surface area contributed by atoms with Gasteiger partial charge in [-0.2, -0.15) is 0 Å². The highest BCUT2D eigenvalue weighted by atomic mass is 32.2. The van der Waals surface area contributed by atoms with Gasteiger partial charge in [0, 0.05) is 55.3 Å². The van der Waals surface area contributed by atoms with Gasteiger partial charge in [0.1, 0.15) is 6.61 Å². The van der Waals surface area contributed by atoms with Crippen molar-refractivity contribution in [1.82, 2.24) is 19.5 Å². The van der Waals surface area contributed by atoms with Crippen LogP contribution in [0.2, 0.25) is 0 Å². The Labute approximate surface area is 245 Å². The Morgan fingerprint density at radius 3 is 2.52 bits per heavy atom. The highest BCUT2D eigenvalue weighted by Crippen LogP contribution is 2.26. The fourth-order valence-electron chi connectivity index (χ4n) is 4.80. The zero-order valence-electron chi connectivity index (χ0n) is 23.7. The normalized spacial score (nSPS) is 14.2. The quantitative estimate of drug-likeness (QED) is 0.187. The average Bonchev–Trinajstić information content (AvgIpc) is 3.39. The molecule has 3 heterocycles. The molecular weight excluding hydrogens is 558 g/mol. The molecule has 1 fully saturated rings. The summed E-state index contributed by atoms with van der Waals surface area (Å²) in [5.74, 6) is 0.116. The van der Waals surface area contributed by atoms with Gasteiger partial charge < -0.3 is 19.7 Å². The molecule has 0 amide bonds. The first-order valence-electron chi connectivity index (χ1n) is 13.8. The minimum absolute atomic E-state index is 0.00143. The van der Waals surface area contributed by atoms with Crippen LogP contribution < -0.4 is 14.9 Å². The fraction of sp³-hybridized carbons (Fsp3) is 0.345. The lowest BCUT2D eigenvalue weighted by Gasteiger charge is -2.36. The second kappa shape index (κ2) is 13.2. The van der Waals surface area contributed by atoms with Crippen LogP contribution in [0.3, 0.4) is 0 Å². The van der Waals surface area contributed by atoms with Crippen LogP contribution in [0.25, 0.3) is 16.8 Å². The third kappa shape index (κ3) is 7.75. The van der Waals surface area contributed by atoms with Gasteiger partial charge >= 0.3 is 5.97 Å². The van der Waals surface area contributed by atoms with E-state index in [9.17, 15) is 13.2 Å². The van der Waals surface area contributed by atoms with E-state index in [2.05, 4.69) is 42.1 Å². The Bertz CT molecular complexity index is 1620. The summed E-state index contributed by atoms with van der Waals surface area (Å²) in [7, 11) is -3.38. The van der Waals surface area contributed by atoms with E-state index in [0.29, 0.717) is 24.8 Å². The summed E-state index contributed by atoms with van der Waals surface area (Å²) in [6.45, 7) is 7.08. The summed E-state index contributed by atoms with van der Waals surface area (Å²) in [5, 5.41) is 7.97. The van der Waals surface area contributed by atoms with Crippen LogP contribution in [0.4, 0.5) is 23.0 Å². The van der Waals surface area contributed by atoms with Crippen LogP contribution in [0.1, 0.15) is 6.92 Å². The number of carbonyl (C=O) groups is 1. The van der Waals surface area contributed by atoms with Gasteiger partial charge in [-0.15, -0.1) is 5.10 Å². The molecule has 0 radical (unpaired) electrons. The van der Waals surface area contributed by atoms with Crippen LogP contribution in [0.15, 0.2) is 66.9 Å². The number of fused-ring (bicyclic) bond motifs is 1. The van der Waals surface area contributed by atoms with Gasteiger partial charge in [-0.1, -0.05) is 12.1 Å². The van der Waals surface area contributed by atoms with Crippen LogP contribution in [-0.4, -0.2) is 92.7 Å². The van der Waals surface area contributed by atoms with E-state index in [0.717, 1.165) is 67.1 Å². The lowest BCUT2D eigenvalue weighted by molar-refractivity contribution is -0.148. The van der Waals surface area contributed by atoms with Gasteiger partial charge in [0.25, 0.3) is 0 Å². The van der Waals surface area contributed by atoms with Crippen LogP contribution in [0, 0.1) is 0 Å². The SMILES string of the molecule is CCOC(=O)COCCN1CCN(c2ccc(Nc3ncc4ccc(-c5cccc(NS(C)(=O)=O)c5)n4n3)cc2)CC1. The second-order valence-corrected chi connectivity index (χ2v) is 11.7. The van der Waals surface area contributed by atoms with E-state index >= 15 is 0 Å². The summed E-state index contributed by atoms with van der Waals surface area (Å²) in [6.07, 6.45) is 2.87. The third-order valence-electron chi connectivity index (χ3n) is 6.80. The molecule has 0 atom stereocenters. The van der Waals surface area contributed by atoms with E-state index in [1.54, 1.807) is 35.8 Å². The average molecular weight is 594 g/mol. The Kier molecular flexibility index (Phi) is 9.20. The summed E-state index contributed by atoms with van der Waals surface area (Å²) >= 11 is 0. The third-order valence-corrected chi connectivity index (χ3v) is 7.40. The van der Waals surface area contributed by atoms with Crippen molar-refractivity contribution in [2.75, 3.05) is 73.7 Å². The van der Waals surface area contributed by atoms with Crippen molar-refractivity contribution in [3.8, 4) is 11.3 Å². The lowest BCUT2D eigenvalue weighted by Crippen LogP contribution is -2.47. The van der Waals surface area contributed by atoms with Crippen molar-refractivity contribution in [1.29, 1.82) is 0 Å². The Hall–Kier alpha value is -4.20. The first-order valence-corrected chi connectivity index (χ1v) is 15.7. The topological polar surface area (TPSA) is 130 Å². The molecule has 2 aromatic carbocycles. The van der Waals surface area contributed by atoms with Crippen LogP contribution in [-0.2, 0) is 24.3 Å². The first-order chi connectivity index (χ1) is 20.3. The van der Waals surface area contributed by atoms with Gasteiger partial charge in [-0.3, -0.25) is 9.62 Å². The molecule has 1 aliphatic heterocycles. The summed E-state index contributed by atoms with van der Waals surface area (Å²) in [4.78, 5) is 20.5. The van der Waals surface area contributed by atoms with Crippen molar-refractivity contribution in [2.45, 2.75) is 6.92 Å². The molecule has 2 N–H and O–H groups in total. The molecule has 13 heteroatoms. The molecular formula is C29H35N7O5S. The maximum absolute atomic E-state index is 11.7. The maximum Gasteiger partial charge on any atom is 0.332 e. The number of ether oxygens (including phenoxy) is 2. The van der Waals surface area contributed by atoms with Crippen LogP contribution in [0.5, 0.6) is 0 Å². The smallest absolute Gasteiger partial charge is 0.332 e. The molecule has 0 aliphatic carbocycles. The van der Waals surface area contributed by atoms with Gasteiger partial charge in [-0.05, 0) is 55.5 Å². The maximum atomic E-state index is 11.7. The molecule has 0 saturated carbocycles. The van der Waals surface area contributed by atoms with Crippen molar-refractivity contribution in [3.63, 3.8) is 0 Å². The molecule has 4 aromatic rings. The minimum Gasteiger partial charge on any atom is -0.464 e. The van der Waals surface area contributed by atoms with Crippen molar-refractivity contribution >= 4 is 44.5 Å². The molecule has 5 rings (SSSR count). The standard InChI is InChI=1S/C29H35N7O5S/c1-3-41-28(37)21-40-18-17-34-13-15-35(16-14-34)25-9-7-23(8-10-25)31-29-30-20-26-11-12-27(36(26)32-29)22-5-4-6-24(19-22)33-42(2,38)39/h4-12,19-20,33H,3,13-18,21H2,1-2H3,(H,31,32). The number of carbonyl (C=O) groups excluding carboxylic acids is 1. The summed E-state index contributed by atoms with van der Waals surface area (Å²) < 4.78 is 37.9. The predicted molar refractivity (Wildman–Crippen MR) is 163 cm³/mol. The molecule has 1 aliphatic rings. The largest absolute Gasteiger partial charge is 0.464 e. The summed E-state index contributed by atoms with van der Waals surface area (Å²) in [6, 6.07) is 19.2. The fourth-order valence-corrected chi connectivity index (χ4v) is 5.35. The highest BCUT2D eigenvalue weighted by Gasteiger charge is 2.17. The number of aromatic nitrogens is 3. The Balaban J connectivity index is 1.17. The van der Waals surface area contributed by atoms with E-state index in [1.165, 1.54) is 0 Å². The lowest BCUT2D eigenvalue weighted by atomic mass is 10.1. The van der Waals surface area contributed by atoms with Gasteiger partial charge in [0.15, 0.2) is 0 Å². The molecule has 0 bridgehead atoms. The zero-order valence-corrected chi connectivity index (χ0v) is 24.5. The predicted octanol–water partition coefficient (Wildman–Crippen LogP) is 3.21. The Morgan fingerprint density at radius 2 is 1.79 bits per heavy atom. The number of piperazine rings is 1. The number of hydrogen-bond acceptors (Lipinski definition) is 10. The van der Waals surface area contributed by atoms with E-state index in [-0.39, 0.29) is 12.6 Å². The van der Waals surface area contributed by atoms with Gasteiger partial charge in [0.2, 0.25) is 16.0 Å². The number of nitrogens with zero attached hydrogens (tertiary/aromatic N) is 5. The van der Waals surface area contributed by atoms with Crippen molar-refractivity contribution in [2.24, 2.45) is 0 Å². The molecule has 1 saturated heterocycles. The number of hydrogen-bond donors (Lipinski definition) is 2.